The highest BCUT2D eigenvalue weighted by Crippen LogP contribution is 2.35. The predicted molar refractivity (Wildman–Crippen MR) is 114 cm³/mol. The van der Waals surface area contributed by atoms with Gasteiger partial charge in [0, 0.05) is 30.6 Å². The molecule has 8 heteroatoms. The number of aliphatic hydroxyl groups excluding tert-OH is 1. The fraction of sp³-hybridized carbons (Fsp3) is 0.636. The van der Waals surface area contributed by atoms with Crippen molar-refractivity contribution in [3.05, 3.63) is 29.5 Å². The number of pyridine rings is 1. The minimum atomic E-state index is -0.433. The zero-order chi connectivity index (χ0) is 20.7. The average Bonchev–Trinajstić information content (AvgIpc) is 3.46. The van der Waals surface area contributed by atoms with Gasteiger partial charge in [-0.15, -0.1) is 0 Å². The molecule has 1 N–H and O–H groups in total. The van der Waals surface area contributed by atoms with E-state index in [0.717, 1.165) is 48.9 Å². The maximum atomic E-state index is 9.96. The fourth-order valence-corrected chi connectivity index (χ4v) is 4.78. The number of nitrogens with zero attached hydrogens (tertiary/aromatic N) is 6. The lowest BCUT2D eigenvalue weighted by atomic mass is 9.96. The molecule has 0 radical (unpaired) electrons. The largest absolute Gasteiger partial charge is 0.422 e. The standard InChI is InChI=1S/C22H30N6O2/c1-14-7-8-18-20(23-14)25-22(30-18)27-11-9-17(10-12-27)21-24-19(16-5-3-4-6-16)26-28(21)13-15(2)29/h7-8,15-17,29H,3-6,9-13H2,1-2H3. The Morgan fingerprint density at radius 2 is 1.83 bits per heavy atom. The molecule has 3 aromatic rings. The lowest BCUT2D eigenvalue weighted by molar-refractivity contribution is 0.165. The van der Waals surface area contributed by atoms with Crippen LogP contribution in [-0.4, -0.2) is 49.0 Å². The number of aromatic nitrogens is 5. The third kappa shape index (κ3) is 3.80. The molecule has 3 aromatic heterocycles. The topological polar surface area (TPSA) is 93.1 Å². The van der Waals surface area contributed by atoms with Gasteiger partial charge in [0.1, 0.15) is 5.82 Å². The van der Waals surface area contributed by atoms with E-state index in [4.69, 9.17) is 14.5 Å². The summed E-state index contributed by atoms with van der Waals surface area (Å²) in [5.74, 6) is 2.83. The average molecular weight is 411 g/mol. The molecule has 1 unspecified atom stereocenters. The Balaban J connectivity index is 1.32. The first kappa shape index (κ1) is 19.5. The van der Waals surface area contributed by atoms with Gasteiger partial charge >= 0.3 is 0 Å². The summed E-state index contributed by atoms with van der Waals surface area (Å²) in [4.78, 5) is 16.2. The summed E-state index contributed by atoms with van der Waals surface area (Å²) in [7, 11) is 0. The highest BCUT2D eigenvalue weighted by molar-refractivity contribution is 5.70. The monoisotopic (exact) mass is 410 g/mol. The second kappa shape index (κ2) is 7.98. The van der Waals surface area contributed by atoms with Crippen LogP contribution in [0.3, 0.4) is 0 Å². The Hall–Kier alpha value is -2.48. The third-order valence-electron chi connectivity index (χ3n) is 6.39. The van der Waals surface area contributed by atoms with Crippen LogP contribution in [0.2, 0.25) is 0 Å². The van der Waals surface area contributed by atoms with Crippen molar-refractivity contribution >= 4 is 17.2 Å². The second-order valence-corrected chi connectivity index (χ2v) is 8.87. The summed E-state index contributed by atoms with van der Waals surface area (Å²) in [5, 5.41) is 14.8. The first-order chi connectivity index (χ1) is 14.6. The van der Waals surface area contributed by atoms with E-state index >= 15 is 0 Å². The van der Waals surface area contributed by atoms with E-state index in [-0.39, 0.29) is 0 Å². The van der Waals surface area contributed by atoms with E-state index in [2.05, 4.69) is 14.9 Å². The van der Waals surface area contributed by atoms with Crippen LogP contribution >= 0.6 is 0 Å². The molecule has 0 aromatic carbocycles. The summed E-state index contributed by atoms with van der Waals surface area (Å²) in [6.07, 6.45) is 6.40. The Morgan fingerprint density at radius 1 is 1.07 bits per heavy atom. The van der Waals surface area contributed by atoms with Crippen molar-refractivity contribution in [2.45, 2.75) is 76.9 Å². The number of aliphatic hydroxyl groups is 1. The molecule has 0 bridgehead atoms. The zero-order valence-electron chi connectivity index (χ0n) is 17.8. The molecule has 160 valence electrons. The Kier molecular flexibility index (Phi) is 5.18. The summed E-state index contributed by atoms with van der Waals surface area (Å²) >= 11 is 0. The number of hydrogen-bond donors (Lipinski definition) is 1. The summed E-state index contributed by atoms with van der Waals surface area (Å²) in [6, 6.07) is 4.53. The van der Waals surface area contributed by atoms with Gasteiger partial charge in [-0.05, 0) is 51.7 Å². The quantitative estimate of drug-likeness (QED) is 0.687. The van der Waals surface area contributed by atoms with Crippen molar-refractivity contribution in [1.29, 1.82) is 0 Å². The first-order valence-corrected chi connectivity index (χ1v) is 11.2. The zero-order valence-corrected chi connectivity index (χ0v) is 17.8. The van der Waals surface area contributed by atoms with E-state index in [1.54, 1.807) is 0 Å². The molecular weight excluding hydrogens is 380 g/mol. The molecule has 5 rings (SSSR count). The second-order valence-electron chi connectivity index (χ2n) is 8.87. The maximum absolute atomic E-state index is 9.96. The van der Waals surface area contributed by atoms with Gasteiger partial charge < -0.3 is 14.4 Å². The fourth-order valence-electron chi connectivity index (χ4n) is 4.78. The lowest BCUT2D eigenvalue weighted by Gasteiger charge is -2.30. The minimum Gasteiger partial charge on any atom is -0.422 e. The van der Waals surface area contributed by atoms with Crippen molar-refractivity contribution in [3.8, 4) is 0 Å². The molecule has 1 atom stereocenters. The SMILES string of the molecule is Cc1ccc2oc(N3CCC(c4nc(C5CCCC5)nn4CC(C)O)CC3)nc2n1. The molecule has 4 heterocycles. The molecule has 1 saturated heterocycles. The third-order valence-corrected chi connectivity index (χ3v) is 6.39. The van der Waals surface area contributed by atoms with Crippen molar-refractivity contribution in [1.82, 2.24) is 24.7 Å². The van der Waals surface area contributed by atoms with Gasteiger partial charge in [0.2, 0.25) is 5.65 Å². The molecule has 2 aliphatic rings. The maximum Gasteiger partial charge on any atom is 0.299 e. The van der Waals surface area contributed by atoms with Gasteiger partial charge in [0.15, 0.2) is 11.4 Å². The molecule has 2 fully saturated rings. The molecule has 0 spiro atoms. The van der Waals surface area contributed by atoms with Crippen LogP contribution in [-0.2, 0) is 6.54 Å². The normalized spacial score (nSPS) is 19.8. The summed E-state index contributed by atoms with van der Waals surface area (Å²) in [5.41, 5.74) is 2.34. The van der Waals surface area contributed by atoms with Gasteiger partial charge in [-0.25, -0.2) is 14.6 Å². The molecule has 1 aliphatic heterocycles. The Bertz CT molecular complexity index is 1010. The van der Waals surface area contributed by atoms with E-state index in [0.29, 0.717) is 30.0 Å². The van der Waals surface area contributed by atoms with E-state index < -0.39 is 6.10 Å². The predicted octanol–water partition coefficient (Wildman–Crippen LogP) is 3.55. The lowest BCUT2D eigenvalue weighted by Crippen LogP contribution is -2.34. The number of fused-ring (bicyclic) bond motifs is 1. The number of oxazole rings is 1. The van der Waals surface area contributed by atoms with Gasteiger partial charge in [0.05, 0.1) is 12.6 Å². The highest BCUT2D eigenvalue weighted by atomic mass is 16.4. The number of hydrogen-bond acceptors (Lipinski definition) is 7. The van der Waals surface area contributed by atoms with Crippen LogP contribution in [0.1, 0.15) is 74.6 Å². The summed E-state index contributed by atoms with van der Waals surface area (Å²) < 4.78 is 7.90. The van der Waals surface area contributed by atoms with Crippen LogP contribution < -0.4 is 4.90 Å². The number of rotatable bonds is 5. The van der Waals surface area contributed by atoms with E-state index in [9.17, 15) is 5.11 Å². The molecule has 0 amide bonds. The summed E-state index contributed by atoms with van der Waals surface area (Å²) in [6.45, 7) is 5.99. The molecule has 30 heavy (non-hydrogen) atoms. The number of aryl methyl sites for hydroxylation is 1. The van der Waals surface area contributed by atoms with Crippen LogP contribution in [0, 0.1) is 6.92 Å². The van der Waals surface area contributed by atoms with Crippen molar-refractivity contribution in [2.24, 2.45) is 0 Å². The van der Waals surface area contributed by atoms with Crippen molar-refractivity contribution < 1.29 is 9.52 Å². The van der Waals surface area contributed by atoms with Crippen LogP contribution in [0.25, 0.3) is 11.2 Å². The molecule has 1 saturated carbocycles. The van der Waals surface area contributed by atoms with E-state index in [1.165, 1.54) is 25.7 Å². The van der Waals surface area contributed by atoms with Gasteiger partial charge in [-0.3, -0.25) is 0 Å². The van der Waals surface area contributed by atoms with E-state index in [1.807, 2.05) is 30.7 Å². The first-order valence-electron chi connectivity index (χ1n) is 11.2. The molecule has 1 aliphatic carbocycles. The smallest absolute Gasteiger partial charge is 0.299 e. The van der Waals surface area contributed by atoms with Crippen molar-refractivity contribution in [3.63, 3.8) is 0 Å². The van der Waals surface area contributed by atoms with Crippen LogP contribution in [0.15, 0.2) is 16.5 Å². The Morgan fingerprint density at radius 3 is 2.57 bits per heavy atom. The van der Waals surface area contributed by atoms with Gasteiger partial charge in [-0.2, -0.15) is 10.1 Å². The highest BCUT2D eigenvalue weighted by Gasteiger charge is 2.30. The number of anilines is 1. The molecule has 8 nitrogen and oxygen atoms in total. The number of piperidine rings is 1. The molecular formula is C22H30N6O2. The van der Waals surface area contributed by atoms with Crippen LogP contribution in [0.5, 0.6) is 0 Å². The Labute approximate surface area is 176 Å². The van der Waals surface area contributed by atoms with Crippen LogP contribution in [0.4, 0.5) is 6.01 Å². The van der Waals surface area contributed by atoms with Crippen molar-refractivity contribution in [2.75, 3.05) is 18.0 Å². The van der Waals surface area contributed by atoms with Gasteiger partial charge in [0.25, 0.3) is 6.01 Å². The minimum absolute atomic E-state index is 0.340. The van der Waals surface area contributed by atoms with Gasteiger partial charge in [-0.1, -0.05) is 12.8 Å².